The molecular weight excluding hydrogens is 220 g/mol. The fourth-order valence-electron chi connectivity index (χ4n) is 1.23. The molecule has 3 nitrogen and oxygen atoms in total. The van der Waals surface area contributed by atoms with Crippen molar-refractivity contribution in [1.82, 2.24) is 0 Å². The van der Waals surface area contributed by atoms with Crippen LogP contribution in [-0.2, 0) is 4.79 Å². The standard InChI is InChI=1S/C9H11ClN2OS/c10-8-6(1-4-14-8)12-7(13)5-9(11)2-3-9/h1,4H,2-3,5,11H2,(H,12,13). The lowest BCUT2D eigenvalue weighted by Crippen LogP contribution is -2.28. The van der Waals surface area contributed by atoms with Crippen molar-refractivity contribution in [3.63, 3.8) is 0 Å². The zero-order valence-electron chi connectivity index (χ0n) is 7.55. The van der Waals surface area contributed by atoms with Crippen LogP contribution < -0.4 is 11.1 Å². The summed E-state index contributed by atoms with van der Waals surface area (Å²) in [4.78, 5) is 11.5. The van der Waals surface area contributed by atoms with Crippen molar-refractivity contribution in [3.8, 4) is 0 Å². The molecule has 1 aliphatic rings. The number of anilines is 1. The summed E-state index contributed by atoms with van der Waals surface area (Å²) in [6.45, 7) is 0. The van der Waals surface area contributed by atoms with Gasteiger partial charge < -0.3 is 11.1 Å². The summed E-state index contributed by atoms with van der Waals surface area (Å²) in [5.41, 5.74) is 6.27. The van der Waals surface area contributed by atoms with Gasteiger partial charge in [0.05, 0.1) is 5.69 Å². The van der Waals surface area contributed by atoms with Crippen molar-refractivity contribution in [2.75, 3.05) is 5.32 Å². The number of hydrogen-bond donors (Lipinski definition) is 2. The lowest BCUT2D eigenvalue weighted by atomic mass is 10.2. The lowest BCUT2D eigenvalue weighted by Gasteiger charge is -2.08. The molecule has 0 bridgehead atoms. The van der Waals surface area contributed by atoms with Crippen molar-refractivity contribution in [2.24, 2.45) is 5.73 Å². The number of rotatable bonds is 3. The Morgan fingerprint density at radius 2 is 2.43 bits per heavy atom. The predicted octanol–water partition coefficient (Wildman–Crippen LogP) is 2.22. The fraction of sp³-hybridized carbons (Fsp3) is 0.444. The molecule has 14 heavy (non-hydrogen) atoms. The third-order valence-corrected chi connectivity index (χ3v) is 3.47. The Hall–Kier alpha value is -0.580. The first-order chi connectivity index (χ1) is 6.59. The van der Waals surface area contributed by atoms with Crippen LogP contribution in [-0.4, -0.2) is 11.4 Å². The highest BCUT2D eigenvalue weighted by molar-refractivity contribution is 7.15. The van der Waals surface area contributed by atoms with Gasteiger partial charge in [0.25, 0.3) is 0 Å². The lowest BCUT2D eigenvalue weighted by molar-refractivity contribution is -0.116. The number of nitrogens with two attached hydrogens (primary N) is 1. The van der Waals surface area contributed by atoms with E-state index in [-0.39, 0.29) is 11.4 Å². The summed E-state index contributed by atoms with van der Waals surface area (Å²) in [5.74, 6) is -0.0506. The second kappa shape index (κ2) is 3.53. The van der Waals surface area contributed by atoms with Gasteiger partial charge in [-0.05, 0) is 24.3 Å². The number of amides is 1. The normalized spacial score (nSPS) is 17.9. The van der Waals surface area contributed by atoms with Crippen molar-refractivity contribution < 1.29 is 4.79 Å². The Balaban J connectivity index is 1.91. The number of halogens is 1. The minimum absolute atomic E-state index is 0.0506. The van der Waals surface area contributed by atoms with Crippen molar-refractivity contribution in [3.05, 3.63) is 15.8 Å². The molecule has 1 amide bonds. The monoisotopic (exact) mass is 230 g/mol. The van der Waals surface area contributed by atoms with Gasteiger partial charge in [0.15, 0.2) is 0 Å². The van der Waals surface area contributed by atoms with Crippen LogP contribution in [0.5, 0.6) is 0 Å². The quantitative estimate of drug-likeness (QED) is 0.837. The van der Waals surface area contributed by atoms with Crippen LogP contribution in [0.15, 0.2) is 11.4 Å². The molecule has 3 N–H and O–H groups in total. The Bertz CT molecular complexity index is 359. The third-order valence-electron chi connectivity index (χ3n) is 2.30. The van der Waals surface area contributed by atoms with E-state index in [0.717, 1.165) is 12.8 Å². The van der Waals surface area contributed by atoms with Crippen LogP contribution in [0.4, 0.5) is 5.69 Å². The van der Waals surface area contributed by atoms with E-state index in [4.69, 9.17) is 17.3 Å². The largest absolute Gasteiger partial charge is 0.325 e. The minimum Gasteiger partial charge on any atom is -0.325 e. The van der Waals surface area contributed by atoms with Crippen LogP contribution in [0.3, 0.4) is 0 Å². The second-order valence-electron chi connectivity index (χ2n) is 3.70. The number of hydrogen-bond acceptors (Lipinski definition) is 3. The van der Waals surface area contributed by atoms with Gasteiger partial charge in [-0.1, -0.05) is 11.6 Å². The number of carbonyl (C=O) groups is 1. The third kappa shape index (κ3) is 2.26. The smallest absolute Gasteiger partial charge is 0.226 e. The van der Waals surface area contributed by atoms with Crippen molar-refractivity contribution >= 4 is 34.5 Å². The Morgan fingerprint density at radius 3 is 2.93 bits per heavy atom. The molecule has 5 heteroatoms. The van der Waals surface area contributed by atoms with E-state index in [0.29, 0.717) is 16.4 Å². The van der Waals surface area contributed by atoms with Crippen molar-refractivity contribution in [2.45, 2.75) is 24.8 Å². The first-order valence-corrected chi connectivity index (χ1v) is 5.67. The van der Waals surface area contributed by atoms with Gasteiger partial charge in [0.2, 0.25) is 5.91 Å². The highest BCUT2D eigenvalue weighted by Crippen LogP contribution is 2.36. The molecule has 0 saturated heterocycles. The van der Waals surface area contributed by atoms with E-state index >= 15 is 0 Å². The highest BCUT2D eigenvalue weighted by atomic mass is 35.5. The van der Waals surface area contributed by atoms with Gasteiger partial charge in [-0.3, -0.25) is 4.79 Å². The average molecular weight is 231 g/mol. The molecule has 1 aromatic rings. The summed E-state index contributed by atoms with van der Waals surface area (Å²) in [6.07, 6.45) is 2.27. The molecular formula is C9H11ClN2OS. The van der Waals surface area contributed by atoms with E-state index in [2.05, 4.69) is 5.32 Å². The van der Waals surface area contributed by atoms with Gasteiger partial charge >= 0.3 is 0 Å². The number of carbonyl (C=O) groups excluding carboxylic acids is 1. The van der Waals surface area contributed by atoms with E-state index in [9.17, 15) is 4.79 Å². The number of thiophene rings is 1. The van der Waals surface area contributed by atoms with Crippen molar-refractivity contribution in [1.29, 1.82) is 0 Å². The first-order valence-electron chi connectivity index (χ1n) is 4.41. The van der Waals surface area contributed by atoms with Crippen LogP contribution in [0, 0.1) is 0 Å². The van der Waals surface area contributed by atoms with E-state index in [1.54, 1.807) is 6.07 Å². The van der Waals surface area contributed by atoms with Crippen LogP contribution in [0.2, 0.25) is 4.34 Å². The molecule has 1 saturated carbocycles. The fourth-order valence-corrected chi connectivity index (χ4v) is 2.07. The minimum atomic E-state index is -0.243. The molecule has 1 fully saturated rings. The highest BCUT2D eigenvalue weighted by Gasteiger charge is 2.40. The zero-order chi connectivity index (χ0) is 10.2. The van der Waals surface area contributed by atoms with Crippen LogP contribution in [0.25, 0.3) is 0 Å². The molecule has 0 radical (unpaired) electrons. The Morgan fingerprint density at radius 1 is 1.71 bits per heavy atom. The zero-order valence-corrected chi connectivity index (χ0v) is 9.12. The molecule has 0 atom stereocenters. The van der Waals surface area contributed by atoms with Crippen LogP contribution >= 0.6 is 22.9 Å². The maximum absolute atomic E-state index is 11.5. The Kier molecular flexibility index (Phi) is 2.51. The number of nitrogens with one attached hydrogen (secondary N) is 1. The summed E-state index contributed by atoms with van der Waals surface area (Å²) in [7, 11) is 0. The van der Waals surface area contributed by atoms with Gasteiger partial charge in [0.1, 0.15) is 4.34 Å². The second-order valence-corrected chi connectivity index (χ2v) is 5.21. The molecule has 2 rings (SSSR count). The molecule has 1 aromatic heterocycles. The summed E-state index contributed by atoms with van der Waals surface area (Å²) in [5, 5.41) is 4.59. The Labute approximate surface area is 91.2 Å². The summed E-state index contributed by atoms with van der Waals surface area (Å²) >= 11 is 7.24. The molecule has 0 aromatic carbocycles. The molecule has 76 valence electrons. The maximum atomic E-state index is 11.5. The molecule has 0 aliphatic heterocycles. The van der Waals surface area contributed by atoms with E-state index in [1.807, 2.05) is 5.38 Å². The predicted molar refractivity (Wildman–Crippen MR) is 58.7 cm³/mol. The van der Waals surface area contributed by atoms with E-state index < -0.39 is 0 Å². The van der Waals surface area contributed by atoms with Gasteiger partial charge in [-0.25, -0.2) is 0 Å². The molecule has 1 heterocycles. The van der Waals surface area contributed by atoms with E-state index in [1.165, 1.54) is 11.3 Å². The topological polar surface area (TPSA) is 55.1 Å². The molecule has 1 aliphatic carbocycles. The van der Waals surface area contributed by atoms with Gasteiger partial charge in [-0.2, -0.15) is 0 Å². The summed E-state index contributed by atoms with van der Waals surface area (Å²) in [6, 6.07) is 1.79. The average Bonchev–Trinajstić information content (AvgIpc) is 2.67. The maximum Gasteiger partial charge on any atom is 0.226 e. The van der Waals surface area contributed by atoms with Gasteiger partial charge in [-0.15, -0.1) is 11.3 Å². The first kappa shape index (κ1) is 9.96. The van der Waals surface area contributed by atoms with Gasteiger partial charge in [0, 0.05) is 12.0 Å². The molecule has 0 unspecified atom stereocenters. The summed E-state index contributed by atoms with van der Waals surface area (Å²) < 4.78 is 0.611. The SMILES string of the molecule is NC1(CC(=O)Nc2ccsc2Cl)CC1. The van der Waals surface area contributed by atoms with Crippen LogP contribution in [0.1, 0.15) is 19.3 Å². The molecule has 0 spiro atoms.